The topological polar surface area (TPSA) is 30.0 Å². The van der Waals surface area contributed by atoms with Crippen molar-refractivity contribution < 1.29 is 4.79 Å². The second-order valence-corrected chi connectivity index (χ2v) is 6.02. The average Bonchev–Trinajstić information content (AvgIpc) is 2.97. The van der Waals surface area contributed by atoms with Gasteiger partial charge in [-0.3, -0.25) is 4.79 Å². The average molecular weight is 344 g/mol. The lowest BCUT2D eigenvalue weighted by Gasteiger charge is -1.98. The maximum atomic E-state index is 12.3. The maximum absolute atomic E-state index is 12.3. The van der Waals surface area contributed by atoms with E-state index in [0.717, 1.165) is 15.7 Å². The summed E-state index contributed by atoms with van der Waals surface area (Å²) in [6, 6.07) is 17.1. The van der Waals surface area contributed by atoms with Crippen LogP contribution in [-0.4, -0.2) is 10.8 Å². The Labute approximate surface area is 129 Å². The number of halogens is 1. The Morgan fingerprint density at radius 1 is 1.05 bits per heavy atom. The predicted octanol–water partition coefficient (Wildman–Crippen LogP) is 4.80. The fourth-order valence-corrected chi connectivity index (χ4v) is 3.06. The Morgan fingerprint density at radius 3 is 2.60 bits per heavy atom. The lowest BCUT2D eigenvalue weighted by Crippen LogP contribution is -1.99. The highest BCUT2D eigenvalue weighted by molar-refractivity contribution is 9.10. The first-order chi connectivity index (χ1) is 9.74. The number of benzene rings is 2. The molecule has 0 spiro atoms. The van der Waals surface area contributed by atoms with Crippen LogP contribution in [0.5, 0.6) is 0 Å². The van der Waals surface area contributed by atoms with Crippen LogP contribution in [0.2, 0.25) is 0 Å². The molecule has 0 saturated heterocycles. The van der Waals surface area contributed by atoms with E-state index in [-0.39, 0.29) is 5.78 Å². The monoisotopic (exact) mass is 343 g/mol. The van der Waals surface area contributed by atoms with Crippen molar-refractivity contribution in [2.24, 2.45) is 0 Å². The minimum atomic E-state index is -0.0307. The summed E-state index contributed by atoms with van der Waals surface area (Å²) >= 11 is 4.82. The van der Waals surface area contributed by atoms with Crippen LogP contribution in [0, 0.1) is 0 Å². The lowest BCUT2D eigenvalue weighted by atomic mass is 10.1. The van der Waals surface area contributed by atoms with Gasteiger partial charge in [-0.25, -0.2) is 4.98 Å². The highest BCUT2D eigenvalue weighted by Crippen LogP contribution is 2.25. The number of carbonyl (C=O) groups is 1. The van der Waals surface area contributed by atoms with Crippen molar-refractivity contribution in [2.45, 2.75) is 0 Å². The Morgan fingerprint density at radius 2 is 1.85 bits per heavy atom. The molecular weight excluding hydrogens is 334 g/mol. The molecule has 0 fully saturated rings. The van der Waals surface area contributed by atoms with Crippen molar-refractivity contribution >= 4 is 33.0 Å². The van der Waals surface area contributed by atoms with Gasteiger partial charge in [0.2, 0.25) is 5.78 Å². The van der Waals surface area contributed by atoms with Crippen molar-refractivity contribution in [3.8, 4) is 11.3 Å². The van der Waals surface area contributed by atoms with Crippen molar-refractivity contribution in [1.29, 1.82) is 0 Å². The lowest BCUT2D eigenvalue weighted by molar-refractivity contribution is 0.103. The molecule has 0 N–H and O–H groups in total. The minimum Gasteiger partial charge on any atom is -0.286 e. The molecule has 0 amide bonds. The third kappa shape index (κ3) is 2.71. The second-order valence-electron chi connectivity index (χ2n) is 4.24. The molecule has 98 valence electrons. The van der Waals surface area contributed by atoms with Crippen molar-refractivity contribution in [3.05, 3.63) is 75.0 Å². The molecule has 3 rings (SSSR count). The molecule has 0 aliphatic rings. The SMILES string of the molecule is O=C(c1ccccc1)c1nc(-c2cccc(Br)c2)cs1. The van der Waals surface area contributed by atoms with E-state index in [1.54, 1.807) is 0 Å². The number of ketones is 1. The molecule has 0 unspecified atom stereocenters. The van der Waals surface area contributed by atoms with Crippen LogP contribution in [0.25, 0.3) is 11.3 Å². The van der Waals surface area contributed by atoms with E-state index < -0.39 is 0 Å². The molecule has 1 heterocycles. The summed E-state index contributed by atoms with van der Waals surface area (Å²) in [6.45, 7) is 0. The summed E-state index contributed by atoms with van der Waals surface area (Å²) in [5.41, 5.74) is 2.50. The van der Waals surface area contributed by atoms with Gasteiger partial charge in [-0.15, -0.1) is 11.3 Å². The molecule has 2 nitrogen and oxygen atoms in total. The zero-order chi connectivity index (χ0) is 13.9. The van der Waals surface area contributed by atoms with Crippen LogP contribution in [0.1, 0.15) is 15.4 Å². The Kier molecular flexibility index (Phi) is 3.76. The number of hydrogen-bond donors (Lipinski definition) is 0. The van der Waals surface area contributed by atoms with Gasteiger partial charge in [0.15, 0.2) is 5.01 Å². The van der Waals surface area contributed by atoms with Gasteiger partial charge in [-0.1, -0.05) is 58.4 Å². The molecule has 2 aromatic carbocycles. The molecule has 4 heteroatoms. The van der Waals surface area contributed by atoms with Crippen LogP contribution in [0.15, 0.2) is 64.5 Å². The van der Waals surface area contributed by atoms with Gasteiger partial charge in [-0.2, -0.15) is 0 Å². The van der Waals surface area contributed by atoms with Gasteiger partial charge in [0.25, 0.3) is 0 Å². The Hall–Kier alpha value is -1.78. The first kappa shape index (κ1) is 13.2. The van der Waals surface area contributed by atoms with E-state index in [9.17, 15) is 4.79 Å². The molecule has 3 aromatic rings. The summed E-state index contributed by atoms with van der Waals surface area (Å²) in [7, 11) is 0. The van der Waals surface area contributed by atoms with Crippen LogP contribution < -0.4 is 0 Å². The van der Waals surface area contributed by atoms with Gasteiger partial charge in [0, 0.05) is 21.0 Å². The van der Waals surface area contributed by atoms with Crippen LogP contribution in [-0.2, 0) is 0 Å². The van der Waals surface area contributed by atoms with Crippen LogP contribution >= 0.6 is 27.3 Å². The number of thiazole rings is 1. The summed E-state index contributed by atoms with van der Waals surface area (Å²) in [6.07, 6.45) is 0. The van der Waals surface area contributed by atoms with E-state index in [4.69, 9.17) is 0 Å². The smallest absolute Gasteiger partial charge is 0.221 e. The van der Waals surface area contributed by atoms with Gasteiger partial charge < -0.3 is 0 Å². The molecule has 0 bridgehead atoms. The molecule has 0 aliphatic carbocycles. The number of aromatic nitrogens is 1. The predicted molar refractivity (Wildman–Crippen MR) is 85.1 cm³/mol. The molecule has 0 radical (unpaired) electrons. The number of rotatable bonds is 3. The number of hydrogen-bond acceptors (Lipinski definition) is 3. The third-order valence-corrected chi connectivity index (χ3v) is 4.19. The fourth-order valence-electron chi connectivity index (χ4n) is 1.87. The van der Waals surface area contributed by atoms with E-state index in [2.05, 4.69) is 20.9 Å². The molecule has 1 aromatic heterocycles. The third-order valence-electron chi connectivity index (χ3n) is 2.85. The van der Waals surface area contributed by atoms with E-state index in [1.807, 2.05) is 60.0 Å². The van der Waals surface area contributed by atoms with E-state index in [0.29, 0.717) is 10.6 Å². The van der Waals surface area contributed by atoms with Crippen LogP contribution in [0.4, 0.5) is 0 Å². The Bertz CT molecular complexity index is 752. The van der Waals surface area contributed by atoms with E-state index in [1.165, 1.54) is 11.3 Å². The van der Waals surface area contributed by atoms with Crippen molar-refractivity contribution in [3.63, 3.8) is 0 Å². The largest absolute Gasteiger partial charge is 0.286 e. The first-order valence-corrected chi connectivity index (χ1v) is 7.72. The van der Waals surface area contributed by atoms with E-state index >= 15 is 0 Å². The summed E-state index contributed by atoms with van der Waals surface area (Å²) < 4.78 is 0.999. The standard InChI is InChI=1S/C16H10BrNOS/c17-13-8-4-7-12(9-13)14-10-20-16(18-14)15(19)11-5-2-1-3-6-11/h1-10H. The van der Waals surface area contributed by atoms with Gasteiger partial charge in [-0.05, 0) is 12.1 Å². The van der Waals surface area contributed by atoms with Crippen LogP contribution in [0.3, 0.4) is 0 Å². The highest BCUT2D eigenvalue weighted by Gasteiger charge is 2.13. The van der Waals surface area contributed by atoms with Gasteiger partial charge >= 0.3 is 0 Å². The minimum absolute atomic E-state index is 0.0307. The zero-order valence-electron chi connectivity index (χ0n) is 10.4. The van der Waals surface area contributed by atoms with Crippen molar-refractivity contribution in [1.82, 2.24) is 4.98 Å². The van der Waals surface area contributed by atoms with Gasteiger partial charge in [0.1, 0.15) is 0 Å². The first-order valence-electron chi connectivity index (χ1n) is 6.05. The summed E-state index contributed by atoms with van der Waals surface area (Å²) in [5.74, 6) is -0.0307. The maximum Gasteiger partial charge on any atom is 0.221 e. The Balaban J connectivity index is 1.93. The second kappa shape index (κ2) is 5.69. The number of nitrogens with zero attached hydrogens (tertiary/aromatic N) is 1. The molecule has 0 saturated carbocycles. The highest BCUT2D eigenvalue weighted by atomic mass is 79.9. The fraction of sp³-hybridized carbons (Fsp3) is 0. The molecular formula is C16H10BrNOS. The normalized spacial score (nSPS) is 10.4. The van der Waals surface area contributed by atoms with Gasteiger partial charge in [0.05, 0.1) is 5.69 Å². The zero-order valence-corrected chi connectivity index (χ0v) is 12.8. The molecule has 0 aliphatic heterocycles. The summed E-state index contributed by atoms with van der Waals surface area (Å²) in [5, 5.41) is 2.43. The van der Waals surface area contributed by atoms with Crippen molar-refractivity contribution in [2.75, 3.05) is 0 Å². The number of carbonyl (C=O) groups excluding carboxylic acids is 1. The summed E-state index contributed by atoms with van der Waals surface area (Å²) in [4.78, 5) is 16.7. The molecule has 0 atom stereocenters. The molecule has 20 heavy (non-hydrogen) atoms. The quantitative estimate of drug-likeness (QED) is 0.639.